The van der Waals surface area contributed by atoms with Crippen LogP contribution in [0.1, 0.15) is 25.5 Å². The zero-order valence-electron chi connectivity index (χ0n) is 13.6. The molecule has 9 nitrogen and oxygen atoms in total. The van der Waals surface area contributed by atoms with Crippen LogP contribution in [-0.4, -0.2) is 43.2 Å². The summed E-state index contributed by atoms with van der Waals surface area (Å²) in [4.78, 5) is 21.3. The number of nitrogens with zero attached hydrogens (tertiary/aromatic N) is 6. The van der Waals surface area contributed by atoms with Crippen molar-refractivity contribution in [1.82, 2.24) is 29.5 Å². The number of hydrogen-bond donors (Lipinski definition) is 1. The number of ether oxygens (including phenoxy) is 2. The van der Waals surface area contributed by atoms with Gasteiger partial charge in [0.2, 0.25) is 0 Å². The molecule has 0 spiro atoms. The number of imidazole rings is 1. The molecule has 3 heterocycles. The molecule has 0 aliphatic carbocycles. The van der Waals surface area contributed by atoms with Gasteiger partial charge in [0.25, 0.3) is 6.01 Å². The topological polar surface area (TPSA) is 114 Å². The maximum absolute atomic E-state index is 6.00. The van der Waals surface area contributed by atoms with E-state index in [0.29, 0.717) is 30.3 Å². The van der Waals surface area contributed by atoms with Gasteiger partial charge >= 0.3 is 6.01 Å². The van der Waals surface area contributed by atoms with Crippen molar-refractivity contribution in [3.05, 3.63) is 24.3 Å². The van der Waals surface area contributed by atoms with Gasteiger partial charge < -0.3 is 15.2 Å². The molecule has 3 aromatic heterocycles. The van der Waals surface area contributed by atoms with Crippen LogP contribution in [0.5, 0.6) is 12.0 Å². The van der Waals surface area contributed by atoms with E-state index >= 15 is 0 Å². The van der Waals surface area contributed by atoms with E-state index in [1.807, 2.05) is 0 Å². The van der Waals surface area contributed by atoms with Gasteiger partial charge in [0.15, 0.2) is 17.0 Å². The van der Waals surface area contributed by atoms with Crippen molar-refractivity contribution in [3.8, 4) is 12.0 Å². The number of methoxy groups -OCH3 is 1. The van der Waals surface area contributed by atoms with Crippen LogP contribution in [0.4, 0.5) is 5.82 Å². The monoisotopic (exact) mass is 329 g/mol. The first-order valence-corrected chi connectivity index (χ1v) is 7.68. The minimum absolute atomic E-state index is 0.233. The fourth-order valence-corrected chi connectivity index (χ4v) is 2.23. The highest BCUT2D eigenvalue weighted by molar-refractivity contribution is 5.83. The average Bonchev–Trinajstić information content (AvgIpc) is 2.94. The van der Waals surface area contributed by atoms with E-state index in [1.54, 1.807) is 23.2 Å². The largest absolute Gasteiger partial charge is 0.468 e. The quantitative estimate of drug-likeness (QED) is 0.648. The summed E-state index contributed by atoms with van der Waals surface area (Å²) in [7, 11) is 1.54. The molecule has 3 rings (SSSR count). The second-order valence-corrected chi connectivity index (χ2v) is 5.15. The number of anilines is 1. The van der Waals surface area contributed by atoms with Crippen molar-refractivity contribution < 1.29 is 9.47 Å². The van der Waals surface area contributed by atoms with Gasteiger partial charge in [0.1, 0.15) is 0 Å². The lowest BCUT2D eigenvalue weighted by Crippen LogP contribution is -2.07. The fourth-order valence-electron chi connectivity index (χ4n) is 2.23. The molecule has 0 fully saturated rings. The number of hydrogen-bond acceptors (Lipinski definition) is 8. The molecule has 2 N–H and O–H groups in total. The summed E-state index contributed by atoms with van der Waals surface area (Å²) >= 11 is 0. The molecular weight excluding hydrogens is 310 g/mol. The van der Waals surface area contributed by atoms with Crippen LogP contribution < -0.4 is 15.2 Å². The Balaban J connectivity index is 2.01. The van der Waals surface area contributed by atoms with Crippen LogP contribution >= 0.6 is 0 Å². The Morgan fingerprint density at radius 1 is 1.21 bits per heavy atom. The lowest BCUT2D eigenvalue weighted by Gasteiger charge is -2.08. The van der Waals surface area contributed by atoms with E-state index < -0.39 is 0 Å². The molecule has 0 saturated carbocycles. The van der Waals surface area contributed by atoms with Crippen molar-refractivity contribution in [2.45, 2.75) is 26.3 Å². The van der Waals surface area contributed by atoms with Gasteiger partial charge in [-0.3, -0.25) is 14.5 Å². The average molecular weight is 329 g/mol. The molecular formula is C15H19N7O2. The Kier molecular flexibility index (Phi) is 4.69. The summed E-state index contributed by atoms with van der Waals surface area (Å²) in [6, 6.07) is 0.610. The highest BCUT2D eigenvalue weighted by Crippen LogP contribution is 2.26. The molecule has 0 saturated heterocycles. The summed E-state index contributed by atoms with van der Waals surface area (Å²) in [6.45, 7) is 3.03. The number of fused-ring (bicyclic) bond motifs is 1. The third kappa shape index (κ3) is 3.19. The van der Waals surface area contributed by atoms with Gasteiger partial charge in [-0.25, -0.2) is 0 Å². The van der Waals surface area contributed by atoms with Crippen LogP contribution in [-0.2, 0) is 6.54 Å². The molecule has 0 unspecified atom stereocenters. The van der Waals surface area contributed by atoms with E-state index in [-0.39, 0.29) is 11.8 Å². The zero-order chi connectivity index (χ0) is 16.9. The lowest BCUT2D eigenvalue weighted by molar-refractivity contribution is 0.286. The molecule has 24 heavy (non-hydrogen) atoms. The Bertz CT molecular complexity index is 820. The van der Waals surface area contributed by atoms with Gasteiger partial charge in [-0.1, -0.05) is 13.3 Å². The van der Waals surface area contributed by atoms with E-state index in [0.717, 1.165) is 18.5 Å². The van der Waals surface area contributed by atoms with E-state index in [4.69, 9.17) is 15.2 Å². The van der Waals surface area contributed by atoms with E-state index in [1.165, 1.54) is 7.11 Å². The standard InChI is InChI=1S/C15H19N7O2/c1-3-4-7-24-14-20-12(16)11-13(21-14)22(15(19-11)23-2)9-10-8-17-5-6-18-10/h5-6,8H,3-4,7,9H2,1-2H3,(H2,16,20,21). The molecule has 0 aliphatic heterocycles. The molecule has 0 amide bonds. The molecule has 0 radical (unpaired) electrons. The Morgan fingerprint density at radius 2 is 2.08 bits per heavy atom. The van der Waals surface area contributed by atoms with Crippen molar-refractivity contribution in [2.24, 2.45) is 0 Å². The van der Waals surface area contributed by atoms with Crippen molar-refractivity contribution >= 4 is 17.0 Å². The molecule has 9 heteroatoms. The molecule has 126 valence electrons. The van der Waals surface area contributed by atoms with Gasteiger partial charge in [-0.15, -0.1) is 0 Å². The van der Waals surface area contributed by atoms with Gasteiger partial charge in [-0.05, 0) is 6.42 Å². The summed E-state index contributed by atoms with van der Waals surface area (Å²) in [6.07, 6.45) is 6.87. The van der Waals surface area contributed by atoms with Gasteiger partial charge in [-0.2, -0.15) is 15.0 Å². The lowest BCUT2D eigenvalue weighted by atomic mass is 10.4. The molecule has 0 atom stereocenters. The number of nitrogens with two attached hydrogens (primary N) is 1. The predicted molar refractivity (Wildman–Crippen MR) is 87.8 cm³/mol. The highest BCUT2D eigenvalue weighted by atomic mass is 16.5. The fraction of sp³-hybridized carbons (Fsp3) is 0.400. The second-order valence-electron chi connectivity index (χ2n) is 5.15. The maximum Gasteiger partial charge on any atom is 0.320 e. The Hall–Kier alpha value is -2.97. The summed E-state index contributed by atoms with van der Waals surface area (Å²) in [5, 5.41) is 0. The van der Waals surface area contributed by atoms with Crippen LogP contribution in [0, 0.1) is 0 Å². The first-order valence-electron chi connectivity index (χ1n) is 7.68. The molecule has 0 aliphatic rings. The summed E-state index contributed by atoms with van der Waals surface area (Å²) in [5.74, 6) is 0.252. The first kappa shape index (κ1) is 15.9. The SMILES string of the molecule is CCCCOc1nc(N)c2nc(OC)n(Cc3cnccn3)c2n1. The van der Waals surface area contributed by atoms with Crippen molar-refractivity contribution in [3.63, 3.8) is 0 Å². The summed E-state index contributed by atoms with van der Waals surface area (Å²) < 4.78 is 12.7. The molecule has 3 aromatic rings. The Morgan fingerprint density at radius 3 is 2.79 bits per heavy atom. The minimum Gasteiger partial charge on any atom is -0.468 e. The number of unbranched alkanes of at least 4 members (excludes halogenated alkanes) is 1. The van der Waals surface area contributed by atoms with E-state index in [9.17, 15) is 0 Å². The van der Waals surface area contributed by atoms with Crippen LogP contribution in [0.3, 0.4) is 0 Å². The number of aromatic nitrogens is 6. The maximum atomic E-state index is 6.00. The minimum atomic E-state index is 0.233. The van der Waals surface area contributed by atoms with E-state index in [2.05, 4.69) is 31.8 Å². The van der Waals surface area contributed by atoms with Gasteiger partial charge in [0.05, 0.1) is 32.2 Å². The van der Waals surface area contributed by atoms with Crippen molar-refractivity contribution in [1.29, 1.82) is 0 Å². The van der Waals surface area contributed by atoms with Crippen molar-refractivity contribution in [2.75, 3.05) is 19.5 Å². The molecule has 0 aromatic carbocycles. The number of nitrogen functional groups attached to an aromatic ring is 1. The number of rotatable bonds is 7. The third-order valence-electron chi connectivity index (χ3n) is 3.41. The highest BCUT2D eigenvalue weighted by Gasteiger charge is 2.18. The predicted octanol–water partition coefficient (Wildman–Crippen LogP) is 1.43. The third-order valence-corrected chi connectivity index (χ3v) is 3.41. The normalized spacial score (nSPS) is 10.9. The summed E-state index contributed by atoms with van der Waals surface area (Å²) in [5.41, 5.74) is 7.76. The smallest absolute Gasteiger partial charge is 0.320 e. The Labute approximate surface area is 138 Å². The first-order chi connectivity index (χ1) is 11.7. The van der Waals surface area contributed by atoms with Crippen LogP contribution in [0.15, 0.2) is 18.6 Å². The van der Waals surface area contributed by atoms with Crippen LogP contribution in [0.2, 0.25) is 0 Å². The zero-order valence-corrected chi connectivity index (χ0v) is 13.6. The second kappa shape index (κ2) is 7.07. The van der Waals surface area contributed by atoms with Crippen LogP contribution in [0.25, 0.3) is 11.2 Å². The molecule has 0 bridgehead atoms. The van der Waals surface area contributed by atoms with Gasteiger partial charge in [0, 0.05) is 12.4 Å².